The smallest absolute Gasteiger partial charge is 0.101 e. The molecule has 3 aromatic carbocycles. The predicted octanol–water partition coefficient (Wildman–Crippen LogP) is 6.74. The van der Waals surface area contributed by atoms with E-state index in [-0.39, 0.29) is 12.1 Å². The highest BCUT2D eigenvalue weighted by Crippen LogP contribution is 2.35. The van der Waals surface area contributed by atoms with Crippen molar-refractivity contribution in [3.05, 3.63) is 90.3 Å². The van der Waals surface area contributed by atoms with Crippen LogP contribution in [0.5, 0.6) is 0 Å². The van der Waals surface area contributed by atoms with E-state index in [0.29, 0.717) is 5.56 Å². The van der Waals surface area contributed by atoms with Gasteiger partial charge in [-0.25, -0.2) is 0 Å². The highest BCUT2D eigenvalue weighted by atomic mass is 16.3. The largest absolute Gasteiger partial charge is 0.393 e. The lowest BCUT2D eigenvalue weighted by Crippen LogP contribution is -2.28. The van der Waals surface area contributed by atoms with Gasteiger partial charge >= 0.3 is 0 Å². The summed E-state index contributed by atoms with van der Waals surface area (Å²) in [5.41, 5.74) is 8.07. The molecule has 0 bridgehead atoms. The van der Waals surface area contributed by atoms with Crippen molar-refractivity contribution in [2.24, 2.45) is 0 Å². The van der Waals surface area contributed by atoms with Crippen molar-refractivity contribution in [3.8, 4) is 22.9 Å². The van der Waals surface area contributed by atoms with E-state index in [1.165, 1.54) is 10.9 Å². The Morgan fingerprint density at radius 1 is 1.00 bits per heavy atom. The molecule has 2 N–H and O–H groups in total. The maximum Gasteiger partial charge on any atom is 0.101 e. The molecule has 0 saturated heterocycles. The number of para-hydroxylation sites is 1. The Morgan fingerprint density at radius 3 is 2.67 bits per heavy atom. The zero-order valence-electron chi connectivity index (χ0n) is 20.3. The van der Waals surface area contributed by atoms with Crippen LogP contribution in [0.15, 0.2) is 79.1 Å². The average Bonchev–Trinajstić information content (AvgIpc) is 3.26. The van der Waals surface area contributed by atoms with E-state index in [1.54, 1.807) is 0 Å². The van der Waals surface area contributed by atoms with Gasteiger partial charge in [-0.2, -0.15) is 5.26 Å². The molecular formula is C31H28N4O. The number of rotatable bonds is 4. The maximum absolute atomic E-state index is 9.86. The lowest BCUT2D eigenvalue weighted by atomic mass is 9.93. The van der Waals surface area contributed by atoms with Gasteiger partial charge in [-0.05, 0) is 80.1 Å². The zero-order valence-corrected chi connectivity index (χ0v) is 20.3. The van der Waals surface area contributed by atoms with Crippen LogP contribution in [-0.4, -0.2) is 26.8 Å². The highest BCUT2D eigenvalue weighted by Gasteiger charge is 2.20. The van der Waals surface area contributed by atoms with Gasteiger partial charge < -0.3 is 15.0 Å². The summed E-state index contributed by atoms with van der Waals surface area (Å²) >= 11 is 0. The van der Waals surface area contributed by atoms with Crippen molar-refractivity contribution in [3.63, 3.8) is 0 Å². The number of nitrogens with one attached hydrogen (secondary N) is 1. The van der Waals surface area contributed by atoms with E-state index in [2.05, 4.69) is 70.5 Å². The molecule has 178 valence electrons. The Hall–Kier alpha value is -4.14. The van der Waals surface area contributed by atoms with E-state index >= 15 is 0 Å². The van der Waals surface area contributed by atoms with Crippen LogP contribution in [0.3, 0.4) is 0 Å². The molecule has 0 aliphatic heterocycles. The molecule has 0 spiro atoms. The quantitative estimate of drug-likeness (QED) is 0.304. The van der Waals surface area contributed by atoms with Crippen LogP contribution >= 0.6 is 0 Å². The van der Waals surface area contributed by atoms with E-state index in [0.717, 1.165) is 64.6 Å². The molecule has 5 heteroatoms. The first kappa shape index (κ1) is 22.3. The molecule has 0 atom stereocenters. The van der Waals surface area contributed by atoms with Crippen LogP contribution in [0.4, 0.5) is 5.69 Å². The van der Waals surface area contributed by atoms with Gasteiger partial charge in [-0.15, -0.1) is 0 Å². The normalized spacial score (nSPS) is 17.8. The summed E-state index contributed by atoms with van der Waals surface area (Å²) in [6, 6.07) is 25.4. The summed E-state index contributed by atoms with van der Waals surface area (Å²) in [4.78, 5) is 4.69. The van der Waals surface area contributed by atoms with Crippen LogP contribution in [0.25, 0.3) is 38.6 Å². The van der Waals surface area contributed by atoms with E-state index in [1.807, 2.05) is 36.5 Å². The molecule has 0 radical (unpaired) electrons. The van der Waals surface area contributed by atoms with E-state index < -0.39 is 0 Å². The molecule has 1 aliphatic carbocycles. The van der Waals surface area contributed by atoms with Crippen molar-refractivity contribution in [1.82, 2.24) is 9.55 Å². The van der Waals surface area contributed by atoms with Gasteiger partial charge in [0.15, 0.2) is 0 Å². The van der Waals surface area contributed by atoms with Gasteiger partial charge in [-0.1, -0.05) is 30.3 Å². The van der Waals surface area contributed by atoms with Crippen molar-refractivity contribution >= 4 is 27.5 Å². The number of anilines is 1. The minimum atomic E-state index is -0.203. The summed E-state index contributed by atoms with van der Waals surface area (Å²) in [6.07, 6.45) is 7.34. The third-order valence-corrected chi connectivity index (χ3v) is 7.38. The number of fused-ring (bicyclic) bond motifs is 2. The van der Waals surface area contributed by atoms with Gasteiger partial charge in [0, 0.05) is 40.5 Å². The first-order valence-electron chi connectivity index (χ1n) is 12.6. The fraction of sp³-hybridized carbons (Fsp3) is 0.226. The van der Waals surface area contributed by atoms with Crippen LogP contribution in [0, 0.1) is 18.3 Å². The predicted molar refractivity (Wildman–Crippen MR) is 145 cm³/mol. The van der Waals surface area contributed by atoms with Crippen LogP contribution in [0.2, 0.25) is 0 Å². The molecule has 6 rings (SSSR count). The lowest BCUT2D eigenvalue weighted by molar-refractivity contribution is 0.126. The number of aryl methyl sites for hydroxylation is 1. The van der Waals surface area contributed by atoms with Gasteiger partial charge in [-0.3, -0.25) is 4.98 Å². The lowest BCUT2D eigenvalue weighted by Gasteiger charge is -2.27. The second-order valence-corrected chi connectivity index (χ2v) is 9.79. The number of benzene rings is 3. The van der Waals surface area contributed by atoms with Gasteiger partial charge in [0.05, 0.1) is 28.4 Å². The fourth-order valence-corrected chi connectivity index (χ4v) is 5.49. The number of nitrogens with zero attached hydrogens (tertiary/aromatic N) is 3. The van der Waals surface area contributed by atoms with Crippen molar-refractivity contribution in [2.75, 3.05) is 5.32 Å². The molecule has 5 aromatic rings. The molecule has 1 aliphatic rings. The van der Waals surface area contributed by atoms with Gasteiger partial charge in [0.2, 0.25) is 0 Å². The Morgan fingerprint density at radius 2 is 1.83 bits per heavy atom. The van der Waals surface area contributed by atoms with Crippen LogP contribution < -0.4 is 5.32 Å². The summed E-state index contributed by atoms with van der Waals surface area (Å²) in [5.74, 6) is 0. The fourth-order valence-electron chi connectivity index (χ4n) is 5.49. The molecule has 1 fully saturated rings. The number of aromatic nitrogens is 2. The number of hydrogen-bond acceptors (Lipinski definition) is 4. The number of pyridine rings is 1. The topological polar surface area (TPSA) is 73.9 Å². The molecule has 5 nitrogen and oxygen atoms in total. The van der Waals surface area contributed by atoms with Crippen LogP contribution in [-0.2, 0) is 0 Å². The van der Waals surface area contributed by atoms with Crippen molar-refractivity contribution in [2.45, 2.75) is 44.8 Å². The second kappa shape index (κ2) is 9.14. The standard InChI is InChI=1S/C31H28N4O/c1-20-19-35(25-12-9-22(17-32)29(16-25)34-24-10-13-26(36)14-11-24)30-8-4-6-27(31(20)30)23-15-21-5-2-3-7-28(21)33-18-23/h2-9,12,15-16,18-19,24,26,34,36H,10-11,13-14H2,1H3. The summed E-state index contributed by atoms with van der Waals surface area (Å²) in [5, 5.41) is 25.5. The van der Waals surface area contributed by atoms with Crippen molar-refractivity contribution < 1.29 is 5.11 Å². The minimum Gasteiger partial charge on any atom is -0.393 e. The molecule has 2 heterocycles. The first-order valence-corrected chi connectivity index (χ1v) is 12.6. The third kappa shape index (κ3) is 4.00. The SMILES string of the molecule is Cc1cn(-c2ccc(C#N)c(NC3CCC(O)CC3)c2)c2cccc(-c3cnc4ccccc4c3)c12. The Balaban J connectivity index is 1.42. The number of aliphatic hydroxyl groups excluding tert-OH is 1. The maximum atomic E-state index is 9.86. The summed E-state index contributed by atoms with van der Waals surface area (Å²) < 4.78 is 2.21. The molecule has 0 unspecified atom stereocenters. The first-order chi connectivity index (χ1) is 17.6. The highest BCUT2D eigenvalue weighted by molar-refractivity contribution is 6.00. The Labute approximate surface area is 210 Å². The Kier molecular flexibility index (Phi) is 5.67. The summed E-state index contributed by atoms with van der Waals surface area (Å²) in [6.45, 7) is 2.15. The van der Waals surface area contributed by atoms with Gasteiger partial charge in [0.1, 0.15) is 6.07 Å². The molecule has 1 saturated carbocycles. The molecule has 0 amide bonds. The van der Waals surface area contributed by atoms with Crippen LogP contribution in [0.1, 0.15) is 36.8 Å². The minimum absolute atomic E-state index is 0.203. The number of hydrogen-bond donors (Lipinski definition) is 2. The number of nitriles is 1. The zero-order chi connectivity index (χ0) is 24.6. The van der Waals surface area contributed by atoms with Gasteiger partial charge in [0.25, 0.3) is 0 Å². The van der Waals surface area contributed by atoms with E-state index in [9.17, 15) is 10.4 Å². The second-order valence-electron chi connectivity index (χ2n) is 9.79. The monoisotopic (exact) mass is 472 g/mol. The Bertz CT molecular complexity index is 1620. The average molecular weight is 473 g/mol. The molecular weight excluding hydrogens is 444 g/mol. The summed E-state index contributed by atoms with van der Waals surface area (Å²) in [7, 11) is 0. The number of aliphatic hydroxyl groups is 1. The van der Waals surface area contributed by atoms with E-state index in [4.69, 9.17) is 0 Å². The molecule has 2 aromatic heterocycles. The van der Waals surface area contributed by atoms with Crippen molar-refractivity contribution in [1.29, 1.82) is 5.26 Å². The third-order valence-electron chi connectivity index (χ3n) is 7.38. The molecule has 36 heavy (non-hydrogen) atoms.